The number of benzene rings is 3. The van der Waals surface area contributed by atoms with Gasteiger partial charge >= 0.3 is 12.2 Å². The van der Waals surface area contributed by atoms with Gasteiger partial charge in [0.2, 0.25) is 11.8 Å². The number of aromatic nitrogens is 4. The number of hydrogen-bond acceptors (Lipinski definition) is 8. The minimum absolute atomic E-state index is 0.0558. The van der Waals surface area contributed by atoms with Crippen molar-refractivity contribution < 1.29 is 28.7 Å². The summed E-state index contributed by atoms with van der Waals surface area (Å²) < 4.78 is 9.84. The van der Waals surface area contributed by atoms with E-state index in [9.17, 15) is 19.2 Å². The third-order valence-electron chi connectivity index (χ3n) is 14.0. The topological polar surface area (TPSA) is 175 Å². The summed E-state index contributed by atoms with van der Waals surface area (Å²) >= 11 is 0. The van der Waals surface area contributed by atoms with E-state index in [1.807, 2.05) is 22.1 Å². The monoisotopic (exact) mass is 842 g/mol. The van der Waals surface area contributed by atoms with Gasteiger partial charge in [-0.1, -0.05) is 68.9 Å². The summed E-state index contributed by atoms with van der Waals surface area (Å²) in [5.74, 6) is 1.60. The van der Waals surface area contributed by atoms with Crippen LogP contribution in [-0.4, -0.2) is 93.1 Å². The predicted molar refractivity (Wildman–Crippen MR) is 236 cm³/mol. The van der Waals surface area contributed by atoms with Gasteiger partial charge in [0.15, 0.2) is 0 Å². The van der Waals surface area contributed by atoms with Crippen molar-refractivity contribution in [2.45, 2.75) is 114 Å². The summed E-state index contributed by atoms with van der Waals surface area (Å²) in [5.41, 5.74) is 5.77. The second-order valence-corrected chi connectivity index (χ2v) is 17.7. The van der Waals surface area contributed by atoms with Gasteiger partial charge in [0.05, 0.1) is 49.2 Å². The minimum atomic E-state index is -0.608. The first kappa shape index (κ1) is 41.4. The molecule has 4 unspecified atom stereocenters. The molecule has 2 aliphatic carbocycles. The van der Waals surface area contributed by atoms with E-state index in [-0.39, 0.29) is 35.7 Å². The van der Waals surface area contributed by atoms with Gasteiger partial charge in [-0.3, -0.25) is 9.59 Å². The van der Waals surface area contributed by atoms with Crippen LogP contribution in [0.2, 0.25) is 0 Å². The number of carbonyl (C=O) groups is 4. The molecule has 14 heteroatoms. The van der Waals surface area contributed by atoms with E-state index in [1.54, 1.807) is 0 Å². The van der Waals surface area contributed by atoms with Gasteiger partial charge in [0.1, 0.15) is 23.7 Å². The third kappa shape index (κ3) is 8.48. The molecule has 4 heterocycles. The maximum absolute atomic E-state index is 14.1. The molecular formula is C48H58N8O6. The highest BCUT2D eigenvalue weighted by Gasteiger charge is 2.41. The average molecular weight is 843 g/mol. The van der Waals surface area contributed by atoms with Crippen molar-refractivity contribution in [1.82, 2.24) is 40.4 Å². The van der Waals surface area contributed by atoms with Crippen LogP contribution in [0.4, 0.5) is 9.59 Å². The molecule has 3 aromatic carbocycles. The lowest BCUT2D eigenvalue weighted by molar-refractivity contribution is -0.136. The number of ether oxygens (including phenoxy) is 2. The Morgan fingerprint density at radius 3 is 1.71 bits per heavy atom. The number of methoxy groups -OCH3 is 2. The van der Waals surface area contributed by atoms with Gasteiger partial charge in [-0.15, -0.1) is 0 Å². The molecule has 0 bridgehead atoms. The van der Waals surface area contributed by atoms with Crippen molar-refractivity contribution in [2.75, 3.05) is 27.3 Å². The third-order valence-corrected chi connectivity index (χ3v) is 14.0. The van der Waals surface area contributed by atoms with Crippen LogP contribution in [0.3, 0.4) is 0 Å². The van der Waals surface area contributed by atoms with Crippen molar-refractivity contribution in [1.29, 1.82) is 0 Å². The summed E-state index contributed by atoms with van der Waals surface area (Å²) in [7, 11) is 2.67. The molecule has 0 spiro atoms. The standard InChI is InChI=1S/C48H58N8O6/c1-61-47(59)53-41(29-11-5-3-6-12-29)45(57)55-23-9-15-39(55)43-49-28-38(52-43)35-20-19-31-25-32(17-18-33(31)26-35)34-21-22-36-37(27-34)51-44(50-36)40-16-10-24-56(40)46(58)42(54-48(60)62-2)30-13-7-4-8-14-30/h17-22,25-30,39-42H,3-16,23-24H2,1-2H3,(H,49,52)(H,50,51)(H,53,59)(H,54,60). The number of nitrogens with one attached hydrogen (secondary N) is 4. The fourth-order valence-corrected chi connectivity index (χ4v) is 10.7. The molecule has 5 aromatic rings. The predicted octanol–water partition coefficient (Wildman–Crippen LogP) is 8.71. The van der Waals surface area contributed by atoms with Gasteiger partial charge in [-0.2, -0.15) is 0 Å². The Balaban J connectivity index is 0.900. The summed E-state index contributed by atoms with van der Waals surface area (Å²) in [6.45, 7) is 1.24. The van der Waals surface area contributed by atoms with Crippen LogP contribution in [0.15, 0.2) is 60.8 Å². The smallest absolute Gasteiger partial charge is 0.407 e. The van der Waals surface area contributed by atoms with Crippen LogP contribution in [0.1, 0.15) is 114 Å². The average Bonchev–Trinajstić information content (AvgIpc) is 4.16. The number of H-pyrrole nitrogens is 2. The van der Waals surface area contributed by atoms with Gasteiger partial charge in [0, 0.05) is 18.7 Å². The van der Waals surface area contributed by atoms with E-state index in [1.165, 1.54) is 14.2 Å². The molecule has 2 aliphatic heterocycles. The lowest BCUT2D eigenvalue weighted by Crippen LogP contribution is -2.52. The number of aromatic amines is 2. The van der Waals surface area contributed by atoms with E-state index in [0.717, 1.165) is 146 Å². The number of rotatable bonds is 10. The van der Waals surface area contributed by atoms with E-state index in [4.69, 9.17) is 19.4 Å². The van der Waals surface area contributed by atoms with Crippen LogP contribution in [0.5, 0.6) is 0 Å². The molecule has 2 saturated carbocycles. The van der Waals surface area contributed by atoms with Crippen LogP contribution in [0.25, 0.3) is 44.2 Å². The molecular weight excluding hydrogens is 785 g/mol. The van der Waals surface area contributed by atoms with Gasteiger partial charge in [-0.05, 0) is 109 Å². The number of hydrogen-bond donors (Lipinski definition) is 4. The first-order valence-corrected chi connectivity index (χ1v) is 22.7. The maximum Gasteiger partial charge on any atom is 0.407 e. The molecule has 2 aromatic heterocycles. The normalized spacial score (nSPS) is 20.9. The molecule has 9 rings (SSSR count). The highest BCUT2D eigenvalue weighted by atomic mass is 16.5. The van der Waals surface area contributed by atoms with Crippen molar-refractivity contribution in [3.8, 4) is 22.4 Å². The second-order valence-electron chi connectivity index (χ2n) is 17.7. The summed E-state index contributed by atoms with van der Waals surface area (Å²) in [5, 5.41) is 7.95. The maximum atomic E-state index is 14.1. The Kier molecular flexibility index (Phi) is 12.2. The first-order valence-electron chi connectivity index (χ1n) is 22.7. The van der Waals surface area contributed by atoms with E-state index >= 15 is 0 Å². The summed E-state index contributed by atoms with van der Waals surface area (Å²) in [6, 6.07) is 17.5. The van der Waals surface area contributed by atoms with Gasteiger partial charge in [0.25, 0.3) is 0 Å². The Bertz CT molecular complexity index is 2430. The minimum Gasteiger partial charge on any atom is -0.453 e. The zero-order chi connectivity index (χ0) is 42.7. The van der Waals surface area contributed by atoms with Crippen molar-refractivity contribution in [3.05, 3.63) is 72.4 Å². The molecule has 2 saturated heterocycles. The number of nitrogens with zero attached hydrogens (tertiary/aromatic N) is 4. The molecule has 4 amide bonds. The fourth-order valence-electron chi connectivity index (χ4n) is 10.7. The van der Waals surface area contributed by atoms with Gasteiger partial charge in [-0.25, -0.2) is 19.6 Å². The zero-order valence-electron chi connectivity index (χ0n) is 35.8. The highest BCUT2D eigenvalue weighted by Crippen LogP contribution is 2.38. The first-order chi connectivity index (χ1) is 30.3. The van der Waals surface area contributed by atoms with E-state index < -0.39 is 24.3 Å². The SMILES string of the molecule is COC(=O)NC(C(=O)N1CCCC1c1ncc(-c2ccc3cc(-c4ccc5nc(C6CCCN6C(=O)C(NC(=O)OC)C6CCCCC6)[nH]c5c4)ccc3c2)[nH]1)C1CCCCC1. The molecule has 326 valence electrons. The molecule has 62 heavy (non-hydrogen) atoms. The lowest BCUT2D eigenvalue weighted by Gasteiger charge is -2.34. The molecule has 4 aliphatic rings. The van der Waals surface area contributed by atoms with Crippen LogP contribution >= 0.6 is 0 Å². The number of imidazole rings is 2. The molecule has 14 nitrogen and oxygen atoms in total. The largest absolute Gasteiger partial charge is 0.453 e. The Labute approximate surface area is 361 Å². The van der Waals surface area contributed by atoms with E-state index in [2.05, 4.69) is 69.1 Å². The van der Waals surface area contributed by atoms with Crippen molar-refractivity contribution in [3.63, 3.8) is 0 Å². The fraction of sp³-hybridized carbons (Fsp3) is 0.500. The second kappa shape index (κ2) is 18.2. The zero-order valence-corrected chi connectivity index (χ0v) is 35.8. The van der Waals surface area contributed by atoms with E-state index in [0.29, 0.717) is 13.1 Å². The summed E-state index contributed by atoms with van der Waals surface area (Å²) in [6.07, 6.45) is 14.3. The Morgan fingerprint density at radius 1 is 0.613 bits per heavy atom. The number of amides is 4. The molecule has 4 atom stereocenters. The van der Waals surface area contributed by atoms with Crippen LogP contribution < -0.4 is 10.6 Å². The summed E-state index contributed by atoms with van der Waals surface area (Å²) in [4.78, 5) is 73.5. The van der Waals surface area contributed by atoms with Gasteiger partial charge < -0.3 is 39.9 Å². The molecule has 4 N–H and O–H groups in total. The van der Waals surface area contributed by atoms with Crippen molar-refractivity contribution in [2.24, 2.45) is 11.8 Å². The lowest BCUT2D eigenvalue weighted by atomic mass is 9.83. The Morgan fingerprint density at radius 2 is 1.13 bits per heavy atom. The number of alkyl carbamates (subject to hydrolysis) is 2. The van der Waals surface area contributed by atoms with Crippen LogP contribution in [0, 0.1) is 11.8 Å². The Hall–Kier alpha value is -5.92. The number of fused-ring (bicyclic) bond motifs is 2. The quantitative estimate of drug-likeness (QED) is 0.108. The molecule has 4 fully saturated rings. The van der Waals surface area contributed by atoms with Crippen LogP contribution in [-0.2, 0) is 19.1 Å². The highest BCUT2D eigenvalue weighted by molar-refractivity contribution is 5.92. The molecule has 0 radical (unpaired) electrons. The van der Waals surface area contributed by atoms with Crippen molar-refractivity contribution >= 4 is 45.8 Å². The number of carbonyl (C=O) groups excluding carboxylic acids is 4. The number of likely N-dealkylation sites (tertiary alicyclic amines) is 2.